The lowest BCUT2D eigenvalue weighted by Gasteiger charge is -2.34. The molecule has 0 bridgehead atoms. The average Bonchev–Trinajstić information content (AvgIpc) is 3.14. The van der Waals surface area contributed by atoms with Crippen LogP contribution in [0.2, 0.25) is 0 Å². The number of nitrogens with zero attached hydrogens (tertiary/aromatic N) is 3. The van der Waals surface area contributed by atoms with Crippen molar-refractivity contribution in [3.8, 4) is 5.75 Å². The largest absolute Gasteiger partial charge is 0.489 e. The SMILES string of the molecule is O=C(O)N1CCCC(N2CCN(c3ccc(OCc4ccccc4)cc3)C2=O)C1=O. The average molecular weight is 409 g/mol. The highest BCUT2D eigenvalue weighted by atomic mass is 16.5. The Labute approximate surface area is 174 Å². The number of rotatable bonds is 5. The summed E-state index contributed by atoms with van der Waals surface area (Å²) in [4.78, 5) is 40.6. The summed E-state index contributed by atoms with van der Waals surface area (Å²) in [5, 5.41) is 9.19. The van der Waals surface area contributed by atoms with Gasteiger partial charge in [0.15, 0.2) is 0 Å². The van der Waals surface area contributed by atoms with Crippen molar-refractivity contribution in [2.75, 3.05) is 24.5 Å². The molecule has 0 radical (unpaired) electrons. The summed E-state index contributed by atoms with van der Waals surface area (Å²) >= 11 is 0. The van der Waals surface area contributed by atoms with E-state index in [0.717, 1.165) is 10.5 Å². The summed E-state index contributed by atoms with van der Waals surface area (Å²) < 4.78 is 5.78. The van der Waals surface area contributed by atoms with Gasteiger partial charge < -0.3 is 14.7 Å². The summed E-state index contributed by atoms with van der Waals surface area (Å²) in [6.45, 7) is 1.47. The maximum Gasteiger partial charge on any atom is 0.414 e. The molecule has 2 aliphatic rings. The van der Waals surface area contributed by atoms with E-state index in [1.807, 2.05) is 54.6 Å². The van der Waals surface area contributed by atoms with Crippen molar-refractivity contribution in [1.29, 1.82) is 0 Å². The fourth-order valence-electron chi connectivity index (χ4n) is 3.88. The number of hydrogen-bond acceptors (Lipinski definition) is 4. The normalized spacial score (nSPS) is 19.3. The number of carboxylic acid groups (broad SMARTS) is 1. The van der Waals surface area contributed by atoms with Gasteiger partial charge in [0.25, 0.3) is 5.91 Å². The number of urea groups is 1. The summed E-state index contributed by atoms with van der Waals surface area (Å²) in [7, 11) is 0. The van der Waals surface area contributed by atoms with Crippen molar-refractivity contribution in [2.24, 2.45) is 0 Å². The second-order valence-electron chi connectivity index (χ2n) is 7.33. The Bertz CT molecular complexity index is 932. The lowest BCUT2D eigenvalue weighted by atomic mass is 10.0. The topological polar surface area (TPSA) is 90.4 Å². The van der Waals surface area contributed by atoms with E-state index in [1.165, 1.54) is 4.90 Å². The highest BCUT2D eigenvalue weighted by molar-refractivity contribution is 6.00. The lowest BCUT2D eigenvalue weighted by Crippen LogP contribution is -2.54. The smallest absolute Gasteiger partial charge is 0.414 e. The van der Waals surface area contributed by atoms with Crippen LogP contribution in [0.15, 0.2) is 54.6 Å². The van der Waals surface area contributed by atoms with E-state index in [1.54, 1.807) is 4.90 Å². The summed E-state index contributed by atoms with van der Waals surface area (Å²) in [5.41, 5.74) is 1.78. The molecule has 156 valence electrons. The van der Waals surface area contributed by atoms with Gasteiger partial charge in [-0.05, 0) is 42.7 Å². The van der Waals surface area contributed by atoms with Crippen LogP contribution in [0.4, 0.5) is 15.3 Å². The highest BCUT2D eigenvalue weighted by Gasteiger charge is 2.42. The molecule has 2 aromatic carbocycles. The number of imide groups is 1. The Balaban J connectivity index is 1.40. The standard InChI is InChI=1S/C22H23N3O5/c26-20-19(7-4-12-25(20)22(28)29)24-14-13-23(21(24)27)17-8-10-18(11-9-17)30-15-16-5-2-1-3-6-16/h1-3,5-6,8-11,19H,4,7,12-15H2,(H,28,29). The molecule has 4 rings (SSSR count). The number of ether oxygens (including phenoxy) is 1. The number of likely N-dealkylation sites (tertiary alicyclic amines) is 1. The molecule has 2 heterocycles. The number of amides is 4. The Hall–Kier alpha value is -3.55. The van der Waals surface area contributed by atoms with Crippen LogP contribution in [0.5, 0.6) is 5.75 Å². The van der Waals surface area contributed by atoms with Crippen LogP contribution in [0.3, 0.4) is 0 Å². The van der Waals surface area contributed by atoms with Gasteiger partial charge >= 0.3 is 12.1 Å². The first-order valence-corrected chi connectivity index (χ1v) is 9.94. The van der Waals surface area contributed by atoms with E-state index in [-0.39, 0.29) is 12.6 Å². The Kier molecular flexibility index (Phi) is 5.56. The molecule has 2 aliphatic heterocycles. The molecule has 1 unspecified atom stereocenters. The van der Waals surface area contributed by atoms with Crippen molar-refractivity contribution < 1.29 is 24.2 Å². The van der Waals surface area contributed by atoms with Crippen molar-refractivity contribution in [1.82, 2.24) is 9.80 Å². The Morgan fingerprint density at radius 2 is 1.73 bits per heavy atom. The van der Waals surface area contributed by atoms with Gasteiger partial charge in [-0.2, -0.15) is 0 Å². The van der Waals surface area contributed by atoms with Crippen molar-refractivity contribution in [3.63, 3.8) is 0 Å². The predicted molar refractivity (Wildman–Crippen MR) is 109 cm³/mol. The zero-order chi connectivity index (χ0) is 21.1. The van der Waals surface area contributed by atoms with Crippen molar-refractivity contribution in [2.45, 2.75) is 25.5 Å². The lowest BCUT2D eigenvalue weighted by molar-refractivity contribution is -0.136. The van der Waals surface area contributed by atoms with Crippen LogP contribution in [-0.4, -0.2) is 58.6 Å². The molecule has 0 saturated carbocycles. The first kappa shape index (κ1) is 19.8. The third-order valence-corrected chi connectivity index (χ3v) is 5.46. The molecule has 0 spiro atoms. The third-order valence-electron chi connectivity index (χ3n) is 5.46. The number of hydrogen-bond donors (Lipinski definition) is 1. The summed E-state index contributed by atoms with van der Waals surface area (Å²) in [6, 6.07) is 16.1. The van der Waals surface area contributed by atoms with Gasteiger partial charge in [-0.15, -0.1) is 0 Å². The predicted octanol–water partition coefficient (Wildman–Crippen LogP) is 3.18. The molecule has 2 fully saturated rings. The van der Waals surface area contributed by atoms with E-state index in [2.05, 4.69) is 0 Å². The van der Waals surface area contributed by atoms with Gasteiger partial charge in [-0.25, -0.2) is 14.5 Å². The maximum atomic E-state index is 12.9. The number of carbonyl (C=O) groups is 3. The van der Waals surface area contributed by atoms with Gasteiger partial charge in [0.05, 0.1) is 0 Å². The van der Waals surface area contributed by atoms with Crippen LogP contribution in [-0.2, 0) is 11.4 Å². The fourth-order valence-corrected chi connectivity index (χ4v) is 3.88. The molecule has 0 aromatic heterocycles. The quantitative estimate of drug-likeness (QED) is 0.819. The van der Waals surface area contributed by atoms with Crippen LogP contribution in [0.25, 0.3) is 0 Å². The fraction of sp³-hybridized carbons (Fsp3) is 0.318. The molecular weight excluding hydrogens is 386 g/mol. The number of piperidine rings is 1. The molecular formula is C22H23N3O5. The second-order valence-corrected chi connectivity index (χ2v) is 7.33. The van der Waals surface area contributed by atoms with Crippen LogP contribution in [0.1, 0.15) is 18.4 Å². The second kappa shape index (κ2) is 8.44. The molecule has 0 aliphatic carbocycles. The minimum atomic E-state index is -1.26. The minimum absolute atomic E-state index is 0.181. The molecule has 1 atom stereocenters. The highest BCUT2D eigenvalue weighted by Crippen LogP contribution is 2.27. The molecule has 1 N–H and O–H groups in total. The maximum absolute atomic E-state index is 12.9. The van der Waals surface area contributed by atoms with Crippen LogP contribution >= 0.6 is 0 Å². The van der Waals surface area contributed by atoms with Crippen molar-refractivity contribution in [3.05, 3.63) is 60.2 Å². The van der Waals surface area contributed by atoms with E-state index in [9.17, 15) is 19.5 Å². The van der Waals surface area contributed by atoms with Crippen molar-refractivity contribution >= 4 is 23.7 Å². The van der Waals surface area contributed by atoms with Gasteiger partial charge in [0.2, 0.25) is 0 Å². The Morgan fingerprint density at radius 3 is 2.43 bits per heavy atom. The van der Waals surface area contributed by atoms with E-state index in [0.29, 0.717) is 44.0 Å². The number of anilines is 1. The van der Waals surface area contributed by atoms with Crippen LogP contribution < -0.4 is 9.64 Å². The Morgan fingerprint density at radius 1 is 1.00 bits per heavy atom. The first-order valence-electron chi connectivity index (χ1n) is 9.94. The molecule has 4 amide bonds. The zero-order valence-corrected chi connectivity index (χ0v) is 16.4. The van der Waals surface area contributed by atoms with Gasteiger partial charge in [0, 0.05) is 25.3 Å². The van der Waals surface area contributed by atoms with E-state index in [4.69, 9.17) is 4.74 Å². The van der Waals surface area contributed by atoms with E-state index >= 15 is 0 Å². The van der Waals surface area contributed by atoms with Gasteiger partial charge in [-0.3, -0.25) is 9.69 Å². The zero-order valence-electron chi connectivity index (χ0n) is 16.4. The number of benzene rings is 2. The first-order chi connectivity index (χ1) is 14.5. The van der Waals surface area contributed by atoms with Crippen LogP contribution in [0, 0.1) is 0 Å². The molecule has 2 saturated heterocycles. The summed E-state index contributed by atoms with van der Waals surface area (Å²) in [6.07, 6.45) is -0.228. The molecule has 8 nitrogen and oxygen atoms in total. The molecule has 8 heteroatoms. The molecule has 30 heavy (non-hydrogen) atoms. The minimum Gasteiger partial charge on any atom is -0.489 e. The van der Waals surface area contributed by atoms with Gasteiger partial charge in [-0.1, -0.05) is 30.3 Å². The number of carbonyl (C=O) groups excluding carboxylic acids is 2. The van der Waals surface area contributed by atoms with Gasteiger partial charge in [0.1, 0.15) is 18.4 Å². The molecule has 2 aromatic rings. The summed E-state index contributed by atoms with van der Waals surface area (Å²) in [5.74, 6) is 0.180. The van der Waals surface area contributed by atoms with E-state index < -0.39 is 18.0 Å². The monoisotopic (exact) mass is 409 g/mol. The third kappa shape index (κ3) is 3.94.